The fourth-order valence-corrected chi connectivity index (χ4v) is 4.50. The van der Waals surface area contributed by atoms with E-state index in [1.54, 1.807) is 13.2 Å². The van der Waals surface area contributed by atoms with Crippen molar-refractivity contribution in [3.8, 4) is 0 Å². The lowest BCUT2D eigenvalue weighted by Crippen LogP contribution is -2.47. The first-order valence-corrected chi connectivity index (χ1v) is 7.09. The second-order valence-electron chi connectivity index (χ2n) is 6.09. The van der Waals surface area contributed by atoms with Crippen LogP contribution in [0.3, 0.4) is 0 Å². The van der Waals surface area contributed by atoms with Crippen LogP contribution in [0.4, 0.5) is 0 Å². The average molecular weight is 261 g/mol. The number of carbonyl (C=O) groups excluding carboxylic acids is 1. The van der Waals surface area contributed by atoms with Crippen molar-refractivity contribution < 1.29 is 14.3 Å². The molecule has 0 aromatic heterocycles. The van der Waals surface area contributed by atoms with E-state index in [9.17, 15) is 4.79 Å². The summed E-state index contributed by atoms with van der Waals surface area (Å²) < 4.78 is 11.3. The van der Waals surface area contributed by atoms with E-state index in [1.807, 2.05) is 0 Å². The van der Waals surface area contributed by atoms with Crippen LogP contribution >= 0.6 is 0 Å². The van der Waals surface area contributed by atoms with Crippen molar-refractivity contribution in [2.75, 3.05) is 7.11 Å². The van der Waals surface area contributed by atoms with Gasteiger partial charge in [-0.05, 0) is 19.8 Å². The van der Waals surface area contributed by atoms with E-state index < -0.39 is 0 Å². The highest BCUT2D eigenvalue weighted by Gasteiger charge is 2.63. The second-order valence-corrected chi connectivity index (χ2v) is 6.09. The maximum atomic E-state index is 11.7. The number of esters is 1. The number of fused-ring (bicyclic) bond motifs is 3. The summed E-state index contributed by atoms with van der Waals surface area (Å²) in [4.78, 5) is 14.2. The molecule has 1 aliphatic carbocycles. The number of ether oxygens (including phenoxy) is 2. The van der Waals surface area contributed by atoms with E-state index >= 15 is 0 Å². The Balaban J connectivity index is 1.74. The normalized spacial score (nSPS) is 44.8. The van der Waals surface area contributed by atoms with E-state index in [4.69, 9.17) is 9.47 Å². The molecule has 0 saturated carbocycles. The zero-order valence-electron chi connectivity index (χ0n) is 11.3. The Morgan fingerprint density at radius 1 is 1.53 bits per heavy atom. The summed E-state index contributed by atoms with van der Waals surface area (Å²) in [6, 6.07) is 1.15. The van der Waals surface area contributed by atoms with Crippen molar-refractivity contribution in [3.63, 3.8) is 0 Å². The first-order valence-electron chi connectivity index (χ1n) is 7.09. The third kappa shape index (κ3) is 1.33. The largest absolute Gasteiger partial charge is 0.449 e. The highest BCUT2D eigenvalue weighted by Crippen LogP contribution is 2.54. The monoisotopic (exact) mass is 261 g/mol. The molecule has 3 aliphatic heterocycles. The van der Waals surface area contributed by atoms with E-state index in [0.717, 1.165) is 24.8 Å². The second kappa shape index (κ2) is 3.70. The molecule has 2 unspecified atom stereocenters. The van der Waals surface area contributed by atoms with Crippen LogP contribution in [0.25, 0.3) is 0 Å². The number of carbonyl (C=O) groups is 1. The molecule has 1 spiro atoms. The molecular weight excluding hydrogens is 242 g/mol. The molecular formula is C15H19NO3. The maximum Gasteiger partial charge on any atom is 0.332 e. The van der Waals surface area contributed by atoms with Crippen LogP contribution in [-0.4, -0.2) is 47.8 Å². The van der Waals surface area contributed by atoms with Gasteiger partial charge in [0.15, 0.2) is 5.60 Å². The average Bonchev–Trinajstić information content (AvgIpc) is 3.02. The van der Waals surface area contributed by atoms with Gasteiger partial charge in [0, 0.05) is 37.3 Å². The van der Waals surface area contributed by atoms with Gasteiger partial charge in [-0.15, -0.1) is 0 Å². The molecule has 0 amide bonds. The predicted molar refractivity (Wildman–Crippen MR) is 69.6 cm³/mol. The van der Waals surface area contributed by atoms with Gasteiger partial charge in [-0.25, -0.2) is 4.79 Å². The summed E-state index contributed by atoms with van der Waals surface area (Å²) in [6.45, 7) is 2.13. The number of hydrogen-bond acceptors (Lipinski definition) is 4. The fraction of sp³-hybridized carbons (Fsp3) is 0.667. The molecule has 2 fully saturated rings. The predicted octanol–water partition coefficient (Wildman–Crippen LogP) is 1.42. The molecule has 19 heavy (non-hydrogen) atoms. The van der Waals surface area contributed by atoms with Crippen LogP contribution in [0.15, 0.2) is 23.8 Å². The van der Waals surface area contributed by atoms with Crippen molar-refractivity contribution in [2.45, 2.75) is 56.0 Å². The molecule has 4 rings (SSSR count). The lowest BCUT2D eigenvalue weighted by molar-refractivity contribution is -0.147. The molecule has 2 bridgehead atoms. The first-order chi connectivity index (χ1) is 9.15. The van der Waals surface area contributed by atoms with Crippen molar-refractivity contribution in [3.05, 3.63) is 23.8 Å². The summed E-state index contributed by atoms with van der Waals surface area (Å²) in [6.07, 6.45) is 9.33. The van der Waals surface area contributed by atoms with Crippen LogP contribution in [0.5, 0.6) is 0 Å². The van der Waals surface area contributed by atoms with Crippen molar-refractivity contribution in [1.82, 2.24) is 4.90 Å². The summed E-state index contributed by atoms with van der Waals surface area (Å²) in [7, 11) is 1.77. The minimum Gasteiger partial charge on any atom is -0.449 e. The molecule has 4 heteroatoms. The molecule has 0 aromatic rings. The minimum absolute atomic E-state index is 0.176. The number of nitrogens with zero attached hydrogens (tertiary/aromatic N) is 1. The van der Waals surface area contributed by atoms with Gasteiger partial charge < -0.3 is 9.47 Å². The molecule has 2 saturated heterocycles. The number of methoxy groups -OCH3 is 1. The number of rotatable bonds is 2. The molecule has 102 valence electrons. The Morgan fingerprint density at radius 2 is 2.37 bits per heavy atom. The maximum absolute atomic E-state index is 11.7. The summed E-state index contributed by atoms with van der Waals surface area (Å²) >= 11 is 0. The van der Waals surface area contributed by atoms with E-state index in [0.29, 0.717) is 18.1 Å². The summed E-state index contributed by atoms with van der Waals surface area (Å²) in [5.74, 6) is -0.176. The lowest BCUT2D eigenvalue weighted by Gasteiger charge is -2.33. The third-order valence-electron chi connectivity index (χ3n) is 5.37. The van der Waals surface area contributed by atoms with Gasteiger partial charge in [0.25, 0.3) is 0 Å². The van der Waals surface area contributed by atoms with Gasteiger partial charge in [0.05, 0.1) is 12.1 Å². The Labute approximate surface area is 113 Å². The van der Waals surface area contributed by atoms with Gasteiger partial charge in [0.2, 0.25) is 0 Å². The lowest BCUT2D eigenvalue weighted by atomic mass is 9.81. The minimum atomic E-state index is -0.362. The van der Waals surface area contributed by atoms with Crippen molar-refractivity contribution >= 4 is 5.97 Å². The Morgan fingerprint density at radius 3 is 3.16 bits per heavy atom. The Bertz CT molecular complexity index is 498. The molecule has 3 heterocycles. The van der Waals surface area contributed by atoms with Crippen LogP contribution in [0, 0.1) is 0 Å². The SMILES string of the molecule is COC(C)[C@H]1CCC2N1[C@@H]1C=CC3=CC(=O)O[C@@]32C1. The first kappa shape index (κ1) is 11.7. The molecule has 4 aliphatic rings. The van der Waals surface area contributed by atoms with Gasteiger partial charge in [-0.1, -0.05) is 12.2 Å². The highest BCUT2D eigenvalue weighted by molar-refractivity contribution is 5.88. The zero-order valence-corrected chi connectivity index (χ0v) is 11.3. The zero-order chi connectivity index (χ0) is 13.2. The highest BCUT2D eigenvalue weighted by atomic mass is 16.6. The quantitative estimate of drug-likeness (QED) is 0.705. The van der Waals surface area contributed by atoms with Crippen LogP contribution in [0.1, 0.15) is 26.2 Å². The van der Waals surface area contributed by atoms with Crippen LogP contribution in [-0.2, 0) is 14.3 Å². The third-order valence-corrected chi connectivity index (χ3v) is 5.37. The van der Waals surface area contributed by atoms with Crippen LogP contribution < -0.4 is 0 Å². The molecule has 0 N–H and O–H groups in total. The summed E-state index contributed by atoms with van der Waals surface area (Å²) in [5.41, 5.74) is 0.714. The van der Waals surface area contributed by atoms with E-state index in [-0.39, 0.29) is 17.7 Å². The Hall–Kier alpha value is -1.13. The standard InChI is InChI=1S/C15H19NO3/c1-9(18-2)12-5-6-13-15-8-11(16(12)13)4-3-10(15)7-14(17)19-15/h3-4,7,9,11-13H,5-6,8H2,1-2H3/t9?,11-,12-,13?,15+/m1/s1. The number of hydrogen-bond donors (Lipinski definition) is 0. The molecule has 0 aromatic carbocycles. The van der Waals surface area contributed by atoms with Gasteiger partial charge >= 0.3 is 5.97 Å². The van der Waals surface area contributed by atoms with Gasteiger partial charge in [-0.3, -0.25) is 4.90 Å². The topological polar surface area (TPSA) is 38.8 Å². The van der Waals surface area contributed by atoms with Crippen molar-refractivity contribution in [2.24, 2.45) is 0 Å². The van der Waals surface area contributed by atoms with Gasteiger partial charge in [0.1, 0.15) is 0 Å². The smallest absolute Gasteiger partial charge is 0.332 e. The van der Waals surface area contributed by atoms with Crippen molar-refractivity contribution in [1.29, 1.82) is 0 Å². The summed E-state index contributed by atoms with van der Waals surface area (Å²) in [5, 5.41) is 0. The Kier molecular flexibility index (Phi) is 2.28. The molecule has 0 radical (unpaired) electrons. The molecule has 5 atom stereocenters. The van der Waals surface area contributed by atoms with Crippen LogP contribution in [0.2, 0.25) is 0 Å². The van der Waals surface area contributed by atoms with Gasteiger partial charge in [-0.2, -0.15) is 0 Å². The van der Waals surface area contributed by atoms with E-state index in [2.05, 4.69) is 24.0 Å². The molecule has 4 nitrogen and oxygen atoms in total. The van der Waals surface area contributed by atoms with E-state index in [1.165, 1.54) is 0 Å². The fourth-order valence-electron chi connectivity index (χ4n) is 4.50.